The van der Waals surface area contributed by atoms with E-state index >= 15 is 0 Å². The summed E-state index contributed by atoms with van der Waals surface area (Å²) in [5.41, 5.74) is 3.71. The van der Waals surface area contributed by atoms with Gasteiger partial charge in [-0.05, 0) is 55.1 Å². The number of benzene rings is 2. The number of aromatic nitrogens is 3. The molecule has 1 N–H and O–H groups in total. The van der Waals surface area contributed by atoms with Crippen LogP contribution in [-0.4, -0.2) is 87.3 Å². The molecular weight excluding hydrogens is 548 g/mol. The number of piperidine rings is 1. The fourth-order valence-corrected chi connectivity index (χ4v) is 8.24. The van der Waals surface area contributed by atoms with Gasteiger partial charge in [0.25, 0.3) is 0 Å². The van der Waals surface area contributed by atoms with Crippen molar-refractivity contribution in [1.29, 1.82) is 0 Å². The number of carboxylic acids is 1. The van der Waals surface area contributed by atoms with Crippen molar-refractivity contribution in [2.45, 2.75) is 82.7 Å². The summed E-state index contributed by atoms with van der Waals surface area (Å²) in [5.74, 6) is 0.687. The number of likely N-dealkylation sites (tertiary alicyclic amines) is 2. The summed E-state index contributed by atoms with van der Waals surface area (Å²) in [6, 6.07) is 22.4. The molecule has 0 amide bonds. The highest BCUT2D eigenvalue weighted by Crippen LogP contribution is 2.40. The summed E-state index contributed by atoms with van der Waals surface area (Å²) in [7, 11) is 0. The Hall–Kier alpha value is -3.23. The Kier molecular flexibility index (Phi) is 10.3. The Bertz CT molecular complexity index is 1310. The van der Waals surface area contributed by atoms with Crippen LogP contribution in [0.4, 0.5) is 0 Å². The van der Waals surface area contributed by atoms with Crippen LogP contribution in [0.15, 0.2) is 66.9 Å². The molecule has 0 bridgehead atoms. The monoisotopic (exact) mass is 598 g/mol. The third-order valence-corrected chi connectivity index (χ3v) is 10.4. The van der Waals surface area contributed by atoms with Crippen molar-refractivity contribution in [3.05, 3.63) is 83.7 Å². The average Bonchev–Trinajstić information content (AvgIpc) is 3.68. The van der Waals surface area contributed by atoms with Gasteiger partial charge in [0.2, 0.25) is 0 Å². The van der Waals surface area contributed by atoms with E-state index in [9.17, 15) is 9.90 Å². The van der Waals surface area contributed by atoms with Crippen molar-refractivity contribution in [3.63, 3.8) is 0 Å². The Morgan fingerprint density at radius 1 is 0.932 bits per heavy atom. The van der Waals surface area contributed by atoms with Crippen LogP contribution in [0.2, 0.25) is 0 Å². The quantitative estimate of drug-likeness (QED) is 0.298. The first-order valence-corrected chi connectivity index (χ1v) is 17.0. The van der Waals surface area contributed by atoms with Gasteiger partial charge in [-0.1, -0.05) is 85.3 Å². The minimum absolute atomic E-state index is 0.279. The molecule has 236 valence electrons. The zero-order chi connectivity index (χ0) is 30.3. The van der Waals surface area contributed by atoms with E-state index < -0.39 is 5.97 Å². The van der Waals surface area contributed by atoms with E-state index in [1.165, 1.54) is 24.0 Å². The molecule has 1 aliphatic carbocycles. The molecule has 6 rings (SSSR count). The third-order valence-electron chi connectivity index (χ3n) is 10.4. The smallest absolute Gasteiger partial charge is 0.303 e. The van der Waals surface area contributed by atoms with Gasteiger partial charge in [-0.2, -0.15) is 0 Å². The molecular formula is C36H50N6O2. The molecule has 3 aromatic rings. The lowest BCUT2D eigenvalue weighted by molar-refractivity contribution is -0.139. The van der Waals surface area contributed by atoms with Crippen LogP contribution < -0.4 is 5.01 Å². The van der Waals surface area contributed by atoms with Crippen molar-refractivity contribution in [2.24, 2.45) is 11.8 Å². The number of hydrogen-bond acceptors (Lipinski definition) is 6. The van der Waals surface area contributed by atoms with E-state index in [1.807, 2.05) is 11.1 Å². The molecule has 3 aliphatic rings. The SMILES string of the molecule is CCCN(C1CCN(CC2CN(C3CCCCC3CC(=O)O)CC2c2ccccc2)CC1)n1ncc(Cc2ccccc2)n1. The van der Waals surface area contributed by atoms with Gasteiger partial charge in [-0.15, -0.1) is 10.2 Å². The van der Waals surface area contributed by atoms with Crippen LogP contribution in [0, 0.1) is 11.8 Å². The van der Waals surface area contributed by atoms with Gasteiger partial charge in [-0.25, -0.2) is 0 Å². The largest absolute Gasteiger partial charge is 0.481 e. The lowest BCUT2D eigenvalue weighted by Crippen LogP contribution is -2.52. The summed E-state index contributed by atoms with van der Waals surface area (Å²) in [5, 5.41) is 21.6. The lowest BCUT2D eigenvalue weighted by Gasteiger charge is -2.40. The second kappa shape index (κ2) is 14.7. The molecule has 1 saturated carbocycles. The number of rotatable bonds is 12. The highest BCUT2D eigenvalue weighted by atomic mass is 16.4. The van der Waals surface area contributed by atoms with Crippen LogP contribution in [0.5, 0.6) is 0 Å². The third kappa shape index (κ3) is 7.52. The summed E-state index contributed by atoms with van der Waals surface area (Å²) in [4.78, 5) is 18.9. The van der Waals surface area contributed by atoms with Gasteiger partial charge in [0, 0.05) is 64.1 Å². The normalized spacial score (nSPS) is 25.3. The van der Waals surface area contributed by atoms with Crippen LogP contribution in [0.25, 0.3) is 0 Å². The zero-order valence-electron chi connectivity index (χ0n) is 26.4. The average molecular weight is 599 g/mol. The highest BCUT2D eigenvalue weighted by Gasteiger charge is 2.41. The molecule has 0 spiro atoms. The standard InChI is InChI=1S/C36H50N6O2/c1-2-19-41(42-37-24-32(38-42)22-28-11-5-3-6-12-28)33-17-20-39(21-18-33)25-31-26-40(27-34(31)29-13-7-4-8-14-29)35-16-10-9-15-30(35)23-36(43)44/h3-8,11-14,24,30-31,33-35H,2,9-10,15-23,25-27H2,1H3,(H,43,44). The first kappa shape index (κ1) is 30.8. The minimum Gasteiger partial charge on any atom is -0.481 e. The molecule has 0 radical (unpaired) electrons. The van der Waals surface area contributed by atoms with Crippen LogP contribution in [-0.2, 0) is 11.2 Å². The molecule has 3 heterocycles. The second-order valence-electron chi connectivity index (χ2n) is 13.4. The van der Waals surface area contributed by atoms with Gasteiger partial charge < -0.3 is 10.0 Å². The van der Waals surface area contributed by atoms with Crippen molar-refractivity contribution >= 4 is 5.97 Å². The number of carbonyl (C=O) groups is 1. The fraction of sp³-hybridized carbons (Fsp3) is 0.583. The van der Waals surface area contributed by atoms with Gasteiger partial charge in [-0.3, -0.25) is 14.7 Å². The van der Waals surface area contributed by atoms with E-state index in [4.69, 9.17) is 10.2 Å². The fourth-order valence-electron chi connectivity index (χ4n) is 8.24. The second-order valence-corrected chi connectivity index (χ2v) is 13.4. The molecule has 2 aromatic carbocycles. The topological polar surface area (TPSA) is 77.7 Å². The van der Waals surface area contributed by atoms with E-state index in [0.717, 1.165) is 83.5 Å². The van der Waals surface area contributed by atoms with Crippen molar-refractivity contribution in [2.75, 3.05) is 44.3 Å². The summed E-state index contributed by atoms with van der Waals surface area (Å²) in [6.07, 6.45) is 10.9. The van der Waals surface area contributed by atoms with Gasteiger partial charge >= 0.3 is 5.97 Å². The number of nitrogens with zero attached hydrogens (tertiary/aromatic N) is 6. The van der Waals surface area contributed by atoms with E-state index in [1.54, 1.807) is 0 Å². The summed E-state index contributed by atoms with van der Waals surface area (Å²) < 4.78 is 0. The van der Waals surface area contributed by atoms with Gasteiger partial charge in [0.15, 0.2) is 0 Å². The molecule has 44 heavy (non-hydrogen) atoms. The molecule has 2 saturated heterocycles. The van der Waals surface area contributed by atoms with Gasteiger partial charge in [0.1, 0.15) is 0 Å². The van der Waals surface area contributed by atoms with Crippen molar-refractivity contribution in [3.8, 4) is 0 Å². The number of carboxylic acid groups (broad SMARTS) is 1. The molecule has 4 atom stereocenters. The zero-order valence-corrected chi connectivity index (χ0v) is 26.4. The lowest BCUT2D eigenvalue weighted by atomic mass is 9.81. The Labute approximate surface area is 263 Å². The van der Waals surface area contributed by atoms with Crippen LogP contribution in [0.3, 0.4) is 0 Å². The molecule has 8 nitrogen and oxygen atoms in total. The summed E-state index contributed by atoms with van der Waals surface area (Å²) >= 11 is 0. The van der Waals surface area contributed by atoms with E-state index in [-0.39, 0.29) is 5.92 Å². The van der Waals surface area contributed by atoms with E-state index in [0.29, 0.717) is 30.3 Å². The Morgan fingerprint density at radius 3 is 2.39 bits per heavy atom. The number of hydrogen-bond donors (Lipinski definition) is 1. The highest BCUT2D eigenvalue weighted by molar-refractivity contribution is 5.67. The van der Waals surface area contributed by atoms with E-state index in [2.05, 4.69) is 82.4 Å². The predicted molar refractivity (Wildman–Crippen MR) is 174 cm³/mol. The molecule has 2 aliphatic heterocycles. The van der Waals surface area contributed by atoms with Crippen LogP contribution in [0.1, 0.15) is 81.0 Å². The maximum atomic E-state index is 11.7. The van der Waals surface area contributed by atoms with Crippen LogP contribution >= 0.6 is 0 Å². The summed E-state index contributed by atoms with van der Waals surface area (Å²) in [6.45, 7) is 8.60. The first-order chi connectivity index (χ1) is 21.6. The maximum Gasteiger partial charge on any atom is 0.303 e. The minimum atomic E-state index is -0.644. The molecule has 1 aromatic heterocycles. The first-order valence-electron chi connectivity index (χ1n) is 17.0. The number of aliphatic carboxylic acids is 1. The Morgan fingerprint density at radius 2 is 1.66 bits per heavy atom. The van der Waals surface area contributed by atoms with Gasteiger partial charge in [0.05, 0.1) is 17.9 Å². The van der Waals surface area contributed by atoms with Crippen molar-refractivity contribution in [1.82, 2.24) is 24.9 Å². The molecule has 4 unspecified atom stereocenters. The molecule has 8 heteroatoms. The molecule has 3 fully saturated rings. The maximum absolute atomic E-state index is 11.7. The Balaban J connectivity index is 1.09. The predicted octanol–water partition coefficient (Wildman–Crippen LogP) is 5.43. The van der Waals surface area contributed by atoms with Crippen molar-refractivity contribution < 1.29 is 9.90 Å².